The summed E-state index contributed by atoms with van der Waals surface area (Å²) in [4.78, 5) is 11.5. The van der Waals surface area contributed by atoms with Crippen LogP contribution in [-0.4, -0.2) is 16.8 Å². The summed E-state index contributed by atoms with van der Waals surface area (Å²) in [5.74, 6) is 2.32. The van der Waals surface area contributed by atoms with E-state index in [9.17, 15) is 9.90 Å². The molecule has 19 heavy (non-hydrogen) atoms. The maximum absolute atomic E-state index is 11.5. The topological polar surface area (TPSA) is 58.6 Å². The summed E-state index contributed by atoms with van der Waals surface area (Å²) in [5, 5.41) is 12.6. The number of halogens is 1. The number of phenols is 1. The minimum absolute atomic E-state index is 0.0588. The van der Waals surface area contributed by atoms with Gasteiger partial charge < -0.3 is 15.2 Å². The normalized spacial score (nSPS) is 10.7. The van der Waals surface area contributed by atoms with E-state index in [0.29, 0.717) is 16.1 Å². The third-order valence-electron chi connectivity index (χ3n) is 2.15. The SMILES string of the molecule is C#Cc1cc(O)c(CNC(=O)OC(C)(C)C)c(Cl)c1. The fourth-order valence-corrected chi connectivity index (χ4v) is 1.64. The Morgan fingerprint density at radius 2 is 2.16 bits per heavy atom. The number of rotatable bonds is 2. The average molecular weight is 282 g/mol. The molecule has 0 spiro atoms. The molecule has 0 fully saturated rings. The summed E-state index contributed by atoms with van der Waals surface area (Å²) < 4.78 is 5.08. The highest BCUT2D eigenvalue weighted by Crippen LogP contribution is 2.27. The van der Waals surface area contributed by atoms with Gasteiger partial charge in [0, 0.05) is 11.1 Å². The van der Waals surface area contributed by atoms with Crippen molar-refractivity contribution in [2.45, 2.75) is 32.9 Å². The minimum atomic E-state index is -0.580. The van der Waals surface area contributed by atoms with Crippen molar-refractivity contribution >= 4 is 17.7 Å². The van der Waals surface area contributed by atoms with Crippen molar-refractivity contribution < 1.29 is 14.6 Å². The third kappa shape index (κ3) is 4.72. The minimum Gasteiger partial charge on any atom is -0.508 e. The number of nitrogens with one attached hydrogen (secondary N) is 1. The van der Waals surface area contributed by atoms with Crippen LogP contribution in [0, 0.1) is 12.3 Å². The monoisotopic (exact) mass is 281 g/mol. The molecular formula is C14H16ClNO3. The van der Waals surface area contributed by atoms with E-state index >= 15 is 0 Å². The molecule has 0 aromatic heterocycles. The highest BCUT2D eigenvalue weighted by molar-refractivity contribution is 6.31. The fourth-order valence-electron chi connectivity index (χ4n) is 1.36. The first-order valence-electron chi connectivity index (χ1n) is 5.68. The lowest BCUT2D eigenvalue weighted by Crippen LogP contribution is -2.32. The van der Waals surface area contributed by atoms with Gasteiger partial charge >= 0.3 is 6.09 Å². The smallest absolute Gasteiger partial charge is 0.407 e. The second-order valence-electron chi connectivity index (χ2n) is 4.96. The van der Waals surface area contributed by atoms with Gasteiger partial charge in [-0.1, -0.05) is 17.5 Å². The molecule has 5 heteroatoms. The van der Waals surface area contributed by atoms with Crippen molar-refractivity contribution in [1.29, 1.82) is 0 Å². The number of terminal acetylenes is 1. The van der Waals surface area contributed by atoms with Crippen molar-refractivity contribution in [3.05, 3.63) is 28.3 Å². The highest BCUT2D eigenvalue weighted by Gasteiger charge is 2.17. The van der Waals surface area contributed by atoms with Crippen LogP contribution >= 0.6 is 11.6 Å². The van der Waals surface area contributed by atoms with E-state index in [1.54, 1.807) is 26.8 Å². The Hall–Kier alpha value is -1.86. The molecule has 4 nitrogen and oxygen atoms in total. The van der Waals surface area contributed by atoms with Crippen LogP contribution in [0.25, 0.3) is 0 Å². The van der Waals surface area contributed by atoms with Crippen molar-refractivity contribution in [3.63, 3.8) is 0 Å². The van der Waals surface area contributed by atoms with Crippen molar-refractivity contribution in [2.75, 3.05) is 0 Å². The van der Waals surface area contributed by atoms with Gasteiger partial charge in [0.05, 0.1) is 11.6 Å². The molecule has 2 N–H and O–H groups in total. The molecule has 1 aromatic carbocycles. The van der Waals surface area contributed by atoms with E-state index in [4.69, 9.17) is 22.8 Å². The Kier molecular flexibility index (Phi) is 4.68. The van der Waals surface area contributed by atoms with Gasteiger partial charge in [-0.15, -0.1) is 6.42 Å². The summed E-state index contributed by atoms with van der Waals surface area (Å²) in [6.45, 7) is 5.35. The number of amides is 1. The van der Waals surface area contributed by atoms with Crippen molar-refractivity contribution in [3.8, 4) is 18.1 Å². The molecule has 0 aliphatic rings. The largest absolute Gasteiger partial charge is 0.508 e. The zero-order valence-corrected chi connectivity index (χ0v) is 11.8. The number of carbonyl (C=O) groups excluding carboxylic acids is 1. The lowest BCUT2D eigenvalue weighted by atomic mass is 10.1. The molecule has 0 aliphatic heterocycles. The van der Waals surface area contributed by atoms with E-state index in [1.807, 2.05) is 0 Å². The Balaban J connectivity index is 2.74. The quantitative estimate of drug-likeness (QED) is 0.819. The molecule has 0 saturated carbocycles. The maximum atomic E-state index is 11.5. The third-order valence-corrected chi connectivity index (χ3v) is 2.48. The molecule has 0 saturated heterocycles. The van der Waals surface area contributed by atoms with Gasteiger partial charge in [-0.2, -0.15) is 0 Å². The van der Waals surface area contributed by atoms with Crippen LogP contribution < -0.4 is 5.32 Å². The second kappa shape index (κ2) is 5.85. The first-order valence-corrected chi connectivity index (χ1v) is 6.05. The summed E-state index contributed by atoms with van der Waals surface area (Å²) >= 11 is 5.98. The number of hydrogen-bond acceptors (Lipinski definition) is 3. The van der Waals surface area contributed by atoms with Crippen LogP contribution in [0.1, 0.15) is 31.9 Å². The van der Waals surface area contributed by atoms with Crippen LogP contribution in [0.4, 0.5) is 4.79 Å². The Bertz CT molecular complexity index is 503. The van der Waals surface area contributed by atoms with E-state index in [1.165, 1.54) is 6.07 Å². The zero-order valence-electron chi connectivity index (χ0n) is 11.1. The molecule has 0 unspecified atom stereocenters. The number of benzene rings is 1. The van der Waals surface area contributed by atoms with E-state index in [2.05, 4.69) is 11.2 Å². The lowest BCUT2D eigenvalue weighted by molar-refractivity contribution is 0.0523. The van der Waals surface area contributed by atoms with Gasteiger partial charge in [-0.3, -0.25) is 0 Å². The first kappa shape index (κ1) is 15.2. The van der Waals surface area contributed by atoms with Crippen LogP contribution in [-0.2, 0) is 11.3 Å². The molecule has 1 rings (SSSR count). The average Bonchev–Trinajstić information content (AvgIpc) is 2.25. The van der Waals surface area contributed by atoms with Crippen LogP contribution in [0.15, 0.2) is 12.1 Å². The highest BCUT2D eigenvalue weighted by atomic mass is 35.5. The van der Waals surface area contributed by atoms with E-state index in [-0.39, 0.29) is 12.3 Å². The number of ether oxygens (including phenoxy) is 1. The molecule has 0 radical (unpaired) electrons. The van der Waals surface area contributed by atoms with Crippen molar-refractivity contribution in [1.82, 2.24) is 5.32 Å². The summed E-state index contributed by atoms with van der Waals surface area (Å²) in [7, 11) is 0. The van der Waals surface area contributed by atoms with Crippen LogP contribution in [0.5, 0.6) is 5.75 Å². The number of carbonyl (C=O) groups is 1. The summed E-state index contributed by atoms with van der Waals surface area (Å²) in [5.41, 5.74) is 0.290. The molecular weight excluding hydrogens is 266 g/mol. The van der Waals surface area contributed by atoms with E-state index in [0.717, 1.165) is 0 Å². The zero-order chi connectivity index (χ0) is 14.6. The van der Waals surface area contributed by atoms with E-state index < -0.39 is 11.7 Å². The van der Waals surface area contributed by atoms with Crippen molar-refractivity contribution in [2.24, 2.45) is 0 Å². The maximum Gasteiger partial charge on any atom is 0.407 e. The lowest BCUT2D eigenvalue weighted by Gasteiger charge is -2.20. The van der Waals surface area contributed by atoms with Gasteiger partial charge in [-0.25, -0.2) is 4.79 Å². The van der Waals surface area contributed by atoms with Crippen LogP contribution in [0.3, 0.4) is 0 Å². The van der Waals surface area contributed by atoms with Crippen LogP contribution in [0.2, 0.25) is 5.02 Å². The standard InChI is InChI=1S/C14H16ClNO3/c1-5-9-6-11(15)10(12(17)7-9)8-16-13(18)19-14(2,3)4/h1,6-7,17H,8H2,2-4H3,(H,16,18). The second-order valence-corrected chi connectivity index (χ2v) is 5.36. The van der Waals surface area contributed by atoms with Gasteiger partial charge in [0.15, 0.2) is 0 Å². The van der Waals surface area contributed by atoms with Gasteiger partial charge in [0.1, 0.15) is 11.4 Å². The predicted octanol–water partition coefficient (Wildman–Crippen LogP) is 3.05. The molecule has 0 aliphatic carbocycles. The molecule has 1 aromatic rings. The van der Waals surface area contributed by atoms with Gasteiger partial charge in [-0.05, 0) is 32.9 Å². The Morgan fingerprint density at radius 1 is 1.53 bits per heavy atom. The fraction of sp³-hybridized carbons (Fsp3) is 0.357. The summed E-state index contributed by atoms with van der Waals surface area (Å²) in [6, 6.07) is 2.96. The number of aromatic hydroxyl groups is 1. The number of hydrogen-bond donors (Lipinski definition) is 2. The molecule has 0 bridgehead atoms. The Labute approximate surface area is 117 Å². The number of alkyl carbamates (subject to hydrolysis) is 1. The van der Waals surface area contributed by atoms with Gasteiger partial charge in [0.25, 0.3) is 0 Å². The predicted molar refractivity (Wildman–Crippen MR) is 74.1 cm³/mol. The van der Waals surface area contributed by atoms with Gasteiger partial charge in [0.2, 0.25) is 0 Å². The summed E-state index contributed by atoms with van der Waals surface area (Å²) in [6.07, 6.45) is 4.64. The number of phenolic OH excluding ortho intramolecular Hbond substituents is 1. The molecule has 0 heterocycles. The Morgan fingerprint density at radius 3 is 2.63 bits per heavy atom. The first-order chi connectivity index (χ1) is 8.73. The molecule has 102 valence electrons. The molecule has 0 atom stereocenters. The molecule has 1 amide bonds.